The lowest BCUT2D eigenvalue weighted by Crippen LogP contribution is -2.34. The lowest BCUT2D eigenvalue weighted by atomic mass is 10.1. The number of benzene rings is 1. The summed E-state index contributed by atoms with van der Waals surface area (Å²) in [5, 5.41) is 17.5. The molecule has 1 aliphatic carbocycles. The Balaban J connectivity index is 1.69. The number of hydrogen-bond donors (Lipinski definition) is 2. The smallest absolute Gasteiger partial charge is 0.257 e. The molecule has 1 amide bonds. The lowest BCUT2D eigenvalue weighted by molar-refractivity contribution is 0.0859. The number of carbonyl (C=O) groups is 1. The standard InChI is InChI=1S/C17H16N4O2/c1-10-14(16-18-7-4-8-21(16)20-10)17(23)19-15-12-6-3-2-5-11(12)9-13(15)22/h2-8,13,15,22H,9H2,1H3,(H,19,23)/t13-,15+/m1/s1. The van der Waals surface area contributed by atoms with Crippen LogP contribution in [0.25, 0.3) is 5.65 Å². The number of nitrogens with zero attached hydrogens (tertiary/aromatic N) is 3. The Hall–Kier alpha value is -2.73. The molecule has 0 saturated heterocycles. The molecule has 0 bridgehead atoms. The maximum Gasteiger partial charge on any atom is 0.257 e. The van der Waals surface area contributed by atoms with Gasteiger partial charge in [-0.3, -0.25) is 4.79 Å². The van der Waals surface area contributed by atoms with E-state index in [1.165, 1.54) is 0 Å². The number of nitrogens with one attached hydrogen (secondary N) is 1. The van der Waals surface area contributed by atoms with E-state index in [4.69, 9.17) is 0 Å². The van der Waals surface area contributed by atoms with Crippen LogP contribution in [-0.4, -0.2) is 31.7 Å². The number of amides is 1. The molecule has 0 spiro atoms. The topological polar surface area (TPSA) is 79.5 Å². The van der Waals surface area contributed by atoms with Crippen LogP contribution in [0.15, 0.2) is 42.7 Å². The Morgan fingerprint density at radius 2 is 2.17 bits per heavy atom. The SMILES string of the molecule is Cc1nn2cccnc2c1C(=O)N[C@H]1c2ccccc2C[C@H]1O. The van der Waals surface area contributed by atoms with Crippen LogP contribution < -0.4 is 5.32 Å². The third-order valence-corrected chi connectivity index (χ3v) is 4.29. The van der Waals surface area contributed by atoms with Crippen LogP contribution in [0.5, 0.6) is 0 Å². The summed E-state index contributed by atoms with van der Waals surface area (Å²) in [7, 11) is 0. The number of fused-ring (bicyclic) bond motifs is 2. The van der Waals surface area contributed by atoms with Crippen molar-refractivity contribution in [3.8, 4) is 0 Å². The van der Waals surface area contributed by atoms with Crippen molar-refractivity contribution in [3.05, 3.63) is 65.1 Å². The monoisotopic (exact) mass is 308 g/mol. The number of aliphatic hydroxyl groups excluding tert-OH is 1. The summed E-state index contributed by atoms with van der Waals surface area (Å²) >= 11 is 0. The zero-order chi connectivity index (χ0) is 16.0. The van der Waals surface area contributed by atoms with Gasteiger partial charge in [-0.05, 0) is 24.1 Å². The normalized spacial score (nSPS) is 19.7. The largest absolute Gasteiger partial charge is 0.390 e. The van der Waals surface area contributed by atoms with Gasteiger partial charge in [0, 0.05) is 18.8 Å². The first-order valence-corrected chi connectivity index (χ1v) is 7.52. The van der Waals surface area contributed by atoms with Crippen LogP contribution in [0.3, 0.4) is 0 Å². The van der Waals surface area contributed by atoms with Gasteiger partial charge in [0.05, 0.1) is 17.8 Å². The molecule has 116 valence electrons. The number of rotatable bonds is 2. The van der Waals surface area contributed by atoms with Gasteiger partial charge in [0.1, 0.15) is 5.56 Å². The third kappa shape index (κ3) is 2.19. The second-order valence-electron chi connectivity index (χ2n) is 5.77. The van der Waals surface area contributed by atoms with E-state index in [1.54, 1.807) is 29.9 Å². The van der Waals surface area contributed by atoms with E-state index in [0.29, 0.717) is 23.3 Å². The minimum Gasteiger partial charge on any atom is -0.390 e. The van der Waals surface area contributed by atoms with E-state index in [2.05, 4.69) is 15.4 Å². The van der Waals surface area contributed by atoms with Gasteiger partial charge in [-0.15, -0.1) is 0 Å². The van der Waals surface area contributed by atoms with Crippen LogP contribution in [0.1, 0.15) is 33.2 Å². The van der Waals surface area contributed by atoms with E-state index in [9.17, 15) is 9.90 Å². The molecule has 0 radical (unpaired) electrons. The molecule has 0 aliphatic heterocycles. The minimum absolute atomic E-state index is 0.267. The van der Waals surface area contributed by atoms with Crippen molar-refractivity contribution in [3.63, 3.8) is 0 Å². The molecular formula is C17H16N4O2. The summed E-state index contributed by atoms with van der Waals surface area (Å²) < 4.78 is 1.59. The molecule has 2 heterocycles. The van der Waals surface area contributed by atoms with Gasteiger partial charge in [-0.2, -0.15) is 5.10 Å². The van der Waals surface area contributed by atoms with Gasteiger partial charge in [0.2, 0.25) is 0 Å². The molecule has 2 atom stereocenters. The summed E-state index contributed by atoms with van der Waals surface area (Å²) in [6.45, 7) is 1.78. The number of aliphatic hydroxyl groups is 1. The first-order chi connectivity index (χ1) is 11.1. The molecule has 23 heavy (non-hydrogen) atoms. The zero-order valence-electron chi connectivity index (χ0n) is 12.6. The number of hydrogen-bond acceptors (Lipinski definition) is 4. The Morgan fingerprint density at radius 3 is 3.04 bits per heavy atom. The van der Waals surface area contributed by atoms with Gasteiger partial charge < -0.3 is 10.4 Å². The summed E-state index contributed by atoms with van der Waals surface area (Å²) in [4.78, 5) is 17.0. The molecular weight excluding hydrogens is 292 g/mol. The Kier molecular flexibility index (Phi) is 3.12. The number of carbonyl (C=O) groups excluding carboxylic acids is 1. The predicted octanol–water partition coefficient (Wildman–Crippen LogP) is 1.43. The second kappa shape index (κ2) is 5.17. The van der Waals surface area contributed by atoms with Crippen molar-refractivity contribution < 1.29 is 9.90 Å². The fourth-order valence-electron chi connectivity index (χ4n) is 3.22. The fraction of sp³-hybridized carbons (Fsp3) is 0.235. The van der Waals surface area contributed by atoms with E-state index < -0.39 is 12.1 Å². The average molecular weight is 308 g/mol. The van der Waals surface area contributed by atoms with Crippen molar-refractivity contribution >= 4 is 11.6 Å². The molecule has 2 aromatic heterocycles. The van der Waals surface area contributed by atoms with Crippen LogP contribution in [0.4, 0.5) is 0 Å². The Bertz CT molecular complexity index is 902. The van der Waals surface area contributed by atoms with Crippen LogP contribution in [-0.2, 0) is 6.42 Å². The fourth-order valence-corrected chi connectivity index (χ4v) is 3.22. The third-order valence-electron chi connectivity index (χ3n) is 4.29. The van der Waals surface area contributed by atoms with Crippen LogP contribution >= 0.6 is 0 Å². The van der Waals surface area contributed by atoms with Crippen molar-refractivity contribution in [1.29, 1.82) is 0 Å². The number of aromatic nitrogens is 3. The van der Waals surface area contributed by atoms with Crippen molar-refractivity contribution in [2.24, 2.45) is 0 Å². The quantitative estimate of drug-likeness (QED) is 0.750. The first-order valence-electron chi connectivity index (χ1n) is 7.52. The average Bonchev–Trinajstić information content (AvgIpc) is 3.04. The van der Waals surface area contributed by atoms with Crippen molar-refractivity contribution in [1.82, 2.24) is 19.9 Å². The van der Waals surface area contributed by atoms with Gasteiger partial charge in [0.15, 0.2) is 5.65 Å². The molecule has 3 aromatic rings. The van der Waals surface area contributed by atoms with E-state index in [-0.39, 0.29) is 5.91 Å². The lowest BCUT2D eigenvalue weighted by Gasteiger charge is -2.17. The highest BCUT2D eigenvalue weighted by atomic mass is 16.3. The molecule has 2 N–H and O–H groups in total. The maximum atomic E-state index is 12.7. The Morgan fingerprint density at radius 1 is 1.35 bits per heavy atom. The van der Waals surface area contributed by atoms with E-state index in [0.717, 1.165) is 11.1 Å². The molecule has 6 heteroatoms. The van der Waals surface area contributed by atoms with Crippen LogP contribution in [0, 0.1) is 6.92 Å². The number of aryl methyl sites for hydroxylation is 1. The van der Waals surface area contributed by atoms with Gasteiger partial charge >= 0.3 is 0 Å². The van der Waals surface area contributed by atoms with Gasteiger partial charge in [-0.1, -0.05) is 24.3 Å². The highest BCUT2D eigenvalue weighted by Crippen LogP contribution is 2.31. The molecule has 4 rings (SSSR count). The summed E-state index contributed by atoms with van der Waals surface area (Å²) in [5.41, 5.74) is 3.61. The first kappa shape index (κ1) is 13.9. The summed E-state index contributed by atoms with van der Waals surface area (Å²) in [6, 6.07) is 9.13. The van der Waals surface area contributed by atoms with E-state index in [1.807, 2.05) is 24.3 Å². The molecule has 0 fully saturated rings. The minimum atomic E-state index is -0.619. The second-order valence-corrected chi connectivity index (χ2v) is 5.77. The predicted molar refractivity (Wildman–Crippen MR) is 84.1 cm³/mol. The summed E-state index contributed by atoms with van der Waals surface area (Å²) in [6.07, 6.45) is 3.32. The zero-order valence-corrected chi connectivity index (χ0v) is 12.6. The van der Waals surface area contributed by atoms with E-state index >= 15 is 0 Å². The highest BCUT2D eigenvalue weighted by molar-refractivity contribution is 6.01. The highest BCUT2D eigenvalue weighted by Gasteiger charge is 2.33. The maximum absolute atomic E-state index is 12.7. The van der Waals surface area contributed by atoms with Gasteiger partial charge in [-0.25, -0.2) is 9.50 Å². The molecule has 6 nitrogen and oxygen atoms in total. The molecule has 0 unspecified atom stereocenters. The molecule has 1 aliphatic rings. The van der Waals surface area contributed by atoms with Crippen molar-refractivity contribution in [2.75, 3.05) is 0 Å². The summed E-state index contributed by atoms with van der Waals surface area (Å²) in [5.74, 6) is -0.267. The van der Waals surface area contributed by atoms with Crippen LogP contribution in [0.2, 0.25) is 0 Å². The van der Waals surface area contributed by atoms with Crippen molar-refractivity contribution in [2.45, 2.75) is 25.5 Å². The molecule has 1 aromatic carbocycles. The molecule has 0 saturated carbocycles. The Labute approximate surface area is 132 Å². The van der Waals surface area contributed by atoms with Gasteiger partial charge in [0.25, 0.3) is 5.91 Å².